The summed E-state index contributed by atoms with van der Waals surface area (Å²) in [6.07, 6.45) is 0.400. The van der Waals surface area contributed by atoms with Crippen molar-refractivity contribution >= 4 is 11.9 Å². The fourth-order valence-electron chi connectivity index (χ4n) is 2.70. The van der Waals surface area contributed by atoms with Gasteiger partial charge in [-0.15, -0.1) is 0 Å². The van der Waals surface area contributed by atoms with Crippen LogP contribution in [-0.4, -0.2) is 22.5 Å². The molecule has 0 unspecified atom stereocenters. The second-order valence-corrected chi connectivity index (χ2v) is 8.05. The molecule has 2 N–H and O–H groups in total. The molecule has 2 aromatic carbocycles. The van der Waals surface area contributed by atoms with Crippen LogP contribution < -0.4 is 9.47 Å². The first-order valence-corrected chi connectivity index (χ1v) is 9.85. The van der Waals surface area contributed by atoms with Crippen LogP contribution in [0.15, 0.2) is 48.5 Å². The lowest BCUT2D eigenvalue weighted by Gasteiger charge is -2.20. The minimum atomic E-state index is -0.869. The van der Waals surface area contributed by atoms with E-state index in [0.29, 0.717) is 11.5 Å². The normalized spacial score (nSPS) is 11.8. The fraction of sp³-hybridized carbons (Fsp3) is 0.391. The average molecular weight is 432 g/mol. The zero-order chi connectivity index (χ0) is 23.1. The Labute approximate surface area is 181 Å². The number of hydrogen-bond donors (Lipinski definition) is 2. The summed E-state index contributed by atoms with van der Waals surface area (Å²) in [5.41, 5.74) is -0.297. The van der Waals surface area contributed by atoms with Gasteiger partial charge in [-0.05, 0) is 69.5 Å². The summed E-state index contributed by atoms with van der Waals surface area (Å²) in [6.45, 7) is 6.80. The van der Waals surface area contributed by atoms with E-state index in [1.54, 1.807) is 76.2 Å². The summed E-state index contributed by atoms with van der Waals surface area (Å²) >= 11 is 0. The third-order valence-corrected chi connectivity index (χ3v) is 4.78. The Morgan fingerprint density at radius 2 is 1.00 bits per heavy atom. The van der Waals surface area contributed by atoms with Crippen molar-refractivity contribution in [1.82, 2.24) is 0 Å². The molecule has 0 radical (unpaired) electrons. The molecular weight excluding hydrogens is 404 g/mol. The number of carbonyl (C=O) groups is 2. The molecule has 0 aliphatic carbocycles. The highest BCUT2D eigenvalue weighted by molar-refractivity contribution is 5.75. The molecule has 8 heteroatoms. The minimum Gasteiger partial charge on any atom is -0.427 e. The Balaban J connectivity index is 1.76. The Morgan fingerprint density at radius 1 is 0.677 bits per heavy atom. The highest BCUT2D eigenvalue weighted by atomic mass is 17.1. The van der Waals surface area contributed by atoms with E-state index in [4.69, 9.17) is 20.0 Å². The van der Waals surface area contributed by atoms with Gasteiger partial charge >= 0.3 is 11.9 Å². The van der Waals surface area contributed by atoms with Crippen molar-refractivity contribution in [2.45, 2.75) is 58.2 Å². The van der Waals surface area contributed by atoms with Crippen LogP contribution in [0.1, 0.15) is 58.1 Å². The summed E-state index contributed by atoms with van der Waals surface area (Å²) in [4.78, 5) is 32.8. The predicted molar refractivity (Wildman–Crippen MR) is 111 cm³/mol. The van der Waals surface area contributed by atoms with Crippen LogP contribution in [0.2, 0.25) is 0 Å². The summed E-state index contributed by atoms with van der Waals surface area (Å²) in [5.74, 6) is -0.206. The lowest BCUT2D eigenvalue weighted by molar-refractivity contribution is -0.318. The summed E-state index contributed by atoms with van der Waals surface area (Å²) in [6, 6.07) is 13.2. The Bertz CT molecular complexity index is 796. The van der Waals surface area contributed by atoms with Gasteiger partial charge in [0.25, 0.3) is 0 Å². The molecule has 0 atom stereocenters. The van der Waals surface area contributed by atoms with Crippen LogP contribution in [-0.2, 0) is 30.6 Å². The topological polar surface area (TPSA) is 112 Å². The number of benzene rings is 2. The third-order valence-electron chi connectivity index (χ3n) is 4.78. The van der Waals surface area contributed by atoms with Crippen LogP contribution >= 0.6 is 0 Å². The smallest absolute Gasteiger partial charge is 0.311 e. The van der Waals surface area contributed by atoms with Gasteiger partial charge in [-0.25, -0.2) is 9.78 Å². The molecule has 0 aromatic heterocycles. The Morgan fingerprint density at radius 3 is 1.29 bits per heavy atom. The molecule has 8 nitrogen and oxygen atoms in total. The van der Waals surface area contributed by atoms with Crippen molar-refractivity contribution in [1.29, 1.82) is 0 Å². The van der Waals surface area contributed by atoms with Crippen molar-refractivity contribution < 1.29 is 39.4 Å². The lowest BCUT2D eigenvalue weighted by Crippen LogP contribution is -2.19. The predicted octanol–water partition coefficient (Wildman–Crippen LogP) is 4.82. The maximum atomic E-state index is 12.0. The number of carbonyl (C=O) groups excluding carboxylic acids is 2. The number of rotatable bonds is 10. The summed E-state index contributed by atoms with van der Waals surface area (Å²) in [5, 5.41) is 17.8. The fourth-order valence-corrected chi connectivity index (χ4v) is 2.70. The van der Waals surface area contributed by atoms with Crippen LogP contribution in [0, 0.1) is 0 Å². The average Bonchev–Trinajstić information content (AvgIpc) is 2.74. The highest BCUT2D eigenvalue weighted by Crippen LogP contribution is 2.26. The number of hydrogen-bond acceptors (Lipinski definition) is 8. The molecule has 0 aliphatic heterocycles. The lowest BCUT2D eigenvalue weighted by atomic mass is 9.98. The zero-order valence-electron chi connectivity index (χ0n) is 18.1. The largest absolute Gasteiger partial charge is 0.427 e. The summed E-state index contributed by atoms with van der Waals surface area (Å²) < 4.78 is 10.5. The van der Waals surface area contributed by atoms with Gasteiger partial charge in [0.1, 0.15) is 22.7 Å². The molecule has 0 fully saturated rings. The van der Waals surface area contributed by atoms with Crippen LogP contribution in [0.25, 0.3) is 0 Å². The van der Waals surface area contributed by atoms with Gasteiger partial charge in [0, 0.05) is 12.8 Å². The van der Waals surface area contributed by atoms with E-state index in [9.17, 15) is 9.59 Å². The van der Waals surface area contributed by atoms with E-state index in [2.05, 4.69) is 9.78 Å². The van der Waals surface area contributed by atoms with Crippen molar-refractivity contribution in [3.8, 4) is 11.5 Å². The highest BCUT2D eigenvalue weighted by Gasteiger charge is 2.22. The summed E-state index contributed by atoms with van der Waals surface area (Å²) in [7, 11) is 0. The van der Waals surface area contributed by atoms with Gasteiger partial charge in [0.15, 0.2) is 0 Å². The van der Waals surface area contributed by atoms with Crippen LogP contribution in [0.3, 0.4) is 0 Å². The second-order valence-electron chi connectivity index (χ2n) is 8.05. The van der Waals surface area contributed by atoms with Gasteiger partial charge < -0.3 is 9.47 Å². The molecule has 168 valence electrons. The number of ether oxygens (including phenoxy) is 2. The van der Waals surface area contributed by atoms with Gasteiger partial charge in [0.05, 0.1) is 0 Å². The molecule has 0 saturated carbocycles. The molecule has 31 heavy (non-hydrogen) atoms. The molecular formula is C23H28O8. The quantitative estimate of drug-likeness (QED) is 0.238. The first-order valence-electron chi connectivity index (χ1n) is 9.85. The maximum Gasteiger partial charge on any atom is 0.311 e. The Hall–Kier alpha value is -2.78. The van der Waals surface area contributed by atoms with Crippen LogP contribution in [0.5, 0.6) is 11.5 Å². The first-order chi connectivity index (χ1) is 14.6. The molecule has 0 heterocycles. The maximum absolute atomic E-state index is 12.0. The second kappa shape index (κ2) is 10.5. The molecule has 0 bridgehead atoms. The zero-order valence-corrected chi connectivity index (χ0v) is 18.1. The molecule has 2 rings (SSSR count). The Kier molecular flexibility index (Phi) is 8.29. The molecule has 0 amide bonds. The molecule has 0 spiro atoms. The van der Waals surface area contributed by atoms with Gasteiger partial charge in [-0.2, -0.15) is 0 Å². The van der Waals surface area contributed by atoms with E-state index in [-0.39, 0.29) is 19.3 Å². The third kappa shape index (κ3) is 7.15. The van der Waals surface area contributed by atoms with Crippen molar-refractivity contribution in [2.24, 2.45) is 0 Å². The first kappa shape index (κ1) is 24.5. The van der Waals surface area contributed by atoms with E-state index in [1.165, 1.54) is 0 Å². The van der Waals surface area contributed by atoms with Crippen molar-refractivity contribution in [3.63, 3.8) is 0 Å². The van der Waals surface area contributed by atoms with E-state index >= 15 is 0 Å². The SMILES string of the molecule is CC(C)(OO)c1ccc(OC(=O)CCCC(=O)Oc2ccc(C(C)(C)OO)cc2)cc1. The monoisotopic (exact) mass is 432 g/mol. The number of esters is 2. The van der Waals surface area contributed by atoms with Gasteiger partial charge in [0.2, 0.25) is 0 Å². The van der Waals surface area contributed by atoms with E-state index in [1.807, 2.05) is 0 Å². The molecule has 0 aliphatic rings. The van der Waals surface area contributed by atoms with E-state index < -0.39 is 23.1 Å². The molecule has 2 aromatic rings. The van der Waals surface area contributed by atoms with Gasteiger partial charge in [-0.1, -0.05) is 24.3 Å². The van der Waals surface area contributed by atoms with Crippen molar-refractivity contribution in [3.05, 3.63) is 59.7 Å². The standard InChI is InChI=1S/C23H28O8/c1-22(2,30-26)16-8-12-18(13-9-16)28-20(24)6-5-7-21(25)29-19-14-10-17(11-15-19)23(3,4)31-27/h8-15,26-27H,5-7H2,1-4H3. The van der Waals surface area contributed by atoms with Crippen LogP contribution in [0.4, 0.5) is 0 Å². The van der Waals surface area contributed by atoms with Gasteiger partial charge in [-0.3, -0.25) is 20.1 Å². The van der Waals surface area contributed by atoms with E-state index in [0.717, 1.165) is 11.1 Å². The van der Waals surface area contributed by atoms with Crippen molar-refractivity contribution in [2.75, 3.05) is 0 Å². The minimum absolute atomic E-state index is 0.0586. The molecule has 0 saturated heterocycles.